The number of nitrogens with two attached hydrogens (primary N) is 1. The van der Waals surface area contributed by atoms with Crippen molar-refractivity contribution in [2.24, 2.45) is 5.73 Å². The Hall–Kier alpha value is -0.890. The normalized spacial score (nSPS) is 22.4. The van der Waals surface area contributed by atoms with Crippen molar-refractivity contribution in [3.05, 3.63) is 24.0 Å². The third-order valence-electron chi connectivity index (χ3n) is 3.53. The first-order chi connectivity index (χ1) is 9.42. The van der Waals surface area contributed by atoms with Gasteiger partial charge in [0.15, 0.2) is 11.6 Å². The zero-order chi connectivity index (χ0) is 14.8. The number of sulfonamides is 1. The smallest absolute Gasteiger partial charge is 0.240 e. The Morgan fingerprint density at radius 1 is 1.29 bits per heavy atom. The van der Waals surface area contributed by atoms with Crippen LogP contribution < -0.4 is 15.2 Å². The minimum Gasteiger partial charge on any atom is -0.494 e. The molecule has 0 atom stereocenters. The van der Waals surface area contributed by atoms with Crippen LogP contribution in [0.4, 0.5) is 4.39 Å². The maximum Gasteiger partial charge on any atom is 0.240 e. The lowest BCUT2D eigenvalue weighted by atomic mass is 9.93. The van der Waals surface area contributed by atoms with E-state index in [1.807, 2.05) is 0 Å². The molecule has 0 radical (unpaired) electrons. The second-order valence-corrected chi connectivity index (χ2v) is 6.74. The van der Waals surface area contributed by atoms with Crippen LogP contribution in [0.3, 0.4) is 0 Å². The number of ether oxygens (including phenoxy) is 1. The SMILES string of the molecule is COc1ccc(S(=O)(=O)NC2CCC(N)CC2)cc1F.Cl. The predicted molar refractivity (Wildman–Crippen MR) is 80.8 cm³/mol. The molecule has 0 bridgehead atoms. The highest BCUT2D eigenvalue weighted by atomic mass is 35.5. The number of rotatable bonds is 4. The summed E-state index contributed by atoms with van der Waals surface area (Å²) in [5.41, 5.74) is 5.78. The summed E-state index contributed by atoms with van der Waals surface area (Å²) >= 11 is 0. The first-order valence-electron chi connectivity index (χ1n) is 6.54. The van der Waals surface area contributed by atoms with Crippen molar-refractivity contribution >= 4 is 22.4 Å². The molecule has 3 N–H and O–H groups in total. The number of hydrogen-bond donors (Lipinski definition) is 2. The molecule has 1 aliphatic rings. The molecule has 1 aromatic rings. The summed E-state index contributed by atoms with van der Waals surface area (Å²) in [6.45, 7) is 0. The second-order valence-electron chi connectivity index (χ2n) is 5.03. The minimum atomic E-state index is -3.71. The number of methoxy groups -OCH3 is 1. The van der Waals surface area contributed by atoms with Gasteiger partial charge in [0.05, 0.1) is 12.0 Å². The fraction of sp³-hybridized carbons (Fsp3) is 0.538. The topological polar surface area (TPSA) is 81.4 Å². The van der Waals surface area contributed by atoms with Crippen LogP contribution in [0.1, 0.15) is 25.7 Å². The van der Waals surface area contributed by atoms with E-state index in [-0.39, 0.29) is 35.1 Å². The summed E-state index contributed by atoms with van der Waals surface area (Å²) in [5, 5.41) is 0. The molecule has 2 rings (SSSR count). The average molecular weight is 339 g/mol. The van der Waals surface area contributed by atoms with Crippen LogP contribution in [-0.2, 0) is 10.0 Å². The van der Waals surface area contributed by atoms with Crippen molar-refractivity contribution in [3.8, 4) is 5.75 Å². The third kappa shape index (κ3) is 4.54. The van der Waals surface area contributed by atoms with Gasteiger partial charge in [-0.05, 0) is 43.9 Å². The summed E-state index contributed by atoms with van der Waals surface area (Å²) < 4.78 is 45.3. The van der Waals surface area contributed by atoms with E-state index in [2.05, 4.69) is 4.72 Å². The van der Waals surface area contributed by atoms with Gasteiger partial charge in [-0.3, -0.25) is 0 Å². The molecule has 1 saturated carbocycles. The molecule has 8 heteroatoms. The Bertz CT molecular complexity index is 575. The van der Waals surface area contributed by atoms with Crippen molar-refractivity contribution in [3.63, 3.8) is 0 Å². The van der Waals surface area contributed by atoms with Crippen LogP contribution in [0, 0.1) is 5.82 Å². The molecule has 0 saturated heterocycles. The zero-order valence-electron chi connectivity index (χ0n) is 11.7. The molecule has 0 amide bonds. The fourth-order valence-electron chi connectivity index (χ4n) is 2.34. The first kappa shape index (κ1) is 18.2. The monoisotopic (exact) mass is 338 g/mol. The van der Waals surface area contributed by atoms with Crippen LogP contribution in [0.25, 0.3) is 0 Å². The van der Waals surface area contributed by atoms with Gasteiger partial charge in [0.1, 0.15) is 0 Å². The largest absolute Gasteiger partial charge is 0.494 e. The van der Waals surface area contributed by atoms with E-state index in [4.69, 9.17) is 10.5 Å². The lowest BCUT2D eigenvalue weighted by Crippen LogP contribution is -2.40. The summed E-state index contributed by atoms with van der Waals surface area (Å²) in [5.74, 6) is -0.673. The first-order valence-corrected chi connectivity index (χ1v) is 8.02. The van der Waals surface area contributed by atoms with Crippen molar-refractivity contribution in [1.82, 2.24) is 4.72 Å². The lowest BCUT2D eigenvalue weighted by molar-refractivity contribution is 0.373. The van der Waals surface area contributed by atoms with Crippen molar-refractivity contribution in [2.75, 3.05) is 7.11 Å². The van der Waals surface area contributed by atoms with E-state index < -0.39 is 15.8 Å². The van der Waals surface area contributed by atoms with E-state index in [1.165, 1.54) is 19.2 Å². The Morgan fingerprint density at radius 2 is 1.90 bits per heavy atom. The highest BCUT2D eigenvalue weighted by molar-refractivity contribution is 7.89. The summed E-state index contributed by atoms with van der Waals surface area (Å²) in [7, 11) is -2.38. The standard InChI is InChI=1S/C13H19FN2O3S.ClH/c1-19-13-7-6-11(8-12(13)14)20(17,18)16-10-4-2-9(15)3-5-10;/h6-10,16H,2-5,15H2,1H3;1H. The molecule has 21 heavy (non-hydrogen) atoms. The number of hydrogen-bond acceptors (Lipinski definition) is 4. The summed E-state index contributed by atoms with van der Waals surface area (Å²) in [6, 6.07) is 3.62. The summed E-state index contributed by atoms with van der Waals surface area (Å²) in [6.07, 6.45) is 3.01. The van der Waals surface area contributed by atoms with Crippen LogP contribution in [0.15, 0.2) is 23.1 Å². The van der Waals surface area contributed by atoms with Gasteiger partial charge in [-0.15, -0.1) is 12.4 Å². The van der Waals surface area contributed by atoms with Crippen LogP contribution in [0.5, 0.6) is 5.75 Å². The molecular formula is C13H20ClFN2O3S. The quantitative estimate of drug-likeness (QED) is 0.877. The van der Waals surface area contributed by atoms with Gasteiger partial charge in [-0.25, -0.2) is 17.5 Å². The molecule has 0 spiro atoms. The third-order valence-corrected chi connectivity index (χ3v) is 5.05. The molecule has 0 aliphatic heterocycles. The molecule has 120 valence electrons. The molecule has 0 unspecified atom stereocenters. The maximum atomic E-state index is 13.6. The fourth-order valence-corrected chi connectivity index (χ4v) is 3.66. The van der Waals surface area contributed by atoms with Gasteiger partial charge in [-0.1, -0.05) is 0 Å². The van der Waals surface area contributed by atoms with E-state index in [0.717, 1.165) is 18.9 Å². The van der Waals surface area contributed by atoms with Crippen LogP contribution in [0.2, 0.25) is 0 Å². The molecule has 5 nitrogen and oxygen atoms in total. The molecule has 0 heterocycles. The van der Waals surface area contributed by atoms with Gasteiger partial charge >= 0.3 is 0 Å². The van der Waals surface area contributed by atoms with Crippen molar-refractivity contribution in [2.45, 2.75) is 42.7 Å². The number of halogens is 2. The van der Waals surface area contributed by atoms with Crippen LogP contribution in [-0.4, -0.2) is 27.6 Å². The maximum absolute atomic E-state index is 13.6. The van der Waals surface area contributed by atoms with Gasteiger partial charge in [0.2, 0.25) is 10.0 Å². The Morgan fingerprint density at radius 3 is 2.43 bits per heavy atom. The lowest BCUT2D eigenvalue weighted by Gasteiger charge is -2.26. The Kier molecular flexibility index (Phi) is 6.40. The van der Waals surface area contributed by atoms with E-state index >= 15 is 0 Å². The number of benzene rings is 1. The molecular weight excluding hydrogens is 319 g/mol. The highest BCUT2D eigenvalue weighted by Crippen LogP contribution is 2.23. The Labute approximate surface area is 130 Å². The Balaban J connectivity index is 0.00000220. The molecule has 1 aromatic carbocycles. The second kappa shape index (κ2) is 7.40. The minimum absolute atomic E-state index is 0. The average Bonchev–Trinajstić information content (AvgIpc) is 2.41. The summed E-state index contributed by atoms with van der Waals surface area (Å²) in [4.78, 5) is -0.0920. The van der Waals surface area contributed by atoms with Gasteiger partial charge in [0, 0.05) is 12.1 Å². The van der Waals surface area contributed by atoms with E-state index in [1.54, 1.807) is 0 Å². The van der Waals surface area contributed by atoms with Crippen molar-refractivity contribution < 1.29 is 17.5 Å². The van der Waals surface area contributed by atoms with Crippen molar-refractivity contribution in [1.29, 1.82) is 0 Å². The molecule has 1 fully saturated rings. The van der Waals surface area contributed by atoms with E-state index in [9.17, 15) is 12.8 Å². The zero-order valence-corrected chi connectivity index (χ0v) is 13.3. The number of nitrogens with one attached hydrogen (secondary N) is 1. The highest BCUT2D eigenvalue weighted by Gasteiger charge is 2.24. The predicted octanol–water partition coefficient (Wildman–Crippen LogP) is 1.80. The van der Waals surface area contributed by atoms with Gasteiger partial charge in [-0.2, -0.15) is 0 Å². The molecule has 0 aromatic heterocycles. The van der Waals surface area contributed by atoms with E-state index in [0.29, 0.717) is 12.8 Å². The van der Waals surface area contributed by atoms with Gasteiger partial charge < -0.3 is 10.5 Å². The van der Waals surface area contributed by atoms with Crippen LogP contribution >= 0.6 is 12.4 Å². The molecule has 1 aliphatic carbocycles. The van der Waals surface area contributed by atoms with Gasteiger partial charge in [0.25, 0.3) is 0 Å².